The van der Waals surface area contributed by atoms with Crippen molar-refractivity contribution in [1.29, 1.82) is 5.41 Å². The highest BCUT2D eigenvalue weighted by atomic mass is 16.4. The maximum Gasteiger partial charge on any atom is 0.308 e. The lowest BCUT2D eigenvalue weighted by Gasteiger charge is -2.23. The van der Waals surface area contributed by atoms with Gasteiger partial charge >= 0.3 is 5.97 Å². The number of aliphatic carboxylic acids is 1. The lowest BCUT2D eigenvalue weighted by atomic mass is 10.0. The van der Waals surface area contributed by atoms with Gasteiger partial charge in [-0.1, -0.05) is 12.5 Å². The van der Waals surface area contributed by atoms with Crippen LogP contribution in [0.5, 0.6) is 0 Å². The van der Waals surface area contributed by atoms with Gasteiger partial charge in [-0.05, 0) is 44.4 Å². The molecule has 9 nitrogen and oxygen atoms in total. The second-order valence-electron chi connectivity index (χ2n) is 7.14. The van der Waals surface area contributed by atoms with E-state index in [2.05, 4.69) is 16.0 Å². The molecule has 1 aliphatic carbocycles. The number of anilines is 1. The molecule has 2 amide bonds. The first-order chi connectivity index (χ1) is 13.9. The van der Waals surface area contributed by atoms with Crippen molar-refractivity contribution in [3.8, 4) is 0 Å². The number of carboxylic acid groups (broad SMARTS) is 1. The largest absolute Gasteiger partial charge is 0.481 e. The Balaban J connectivity index is 2.11. The van der Waals surface area contributed by atoms with Gasteiger partial charge in [-0.3, -0.25) is 14.4 Å². The molecule has 1 aromatic rings. The zero-order valence-corrected chi connectivity index (χ0v) is 16.5. The summed E-state index contributed by atoms with van der Waals surface area (Å²) in [6.07, 6.45) is 3.97. The lowest BCUT2D eigenvalue weighted by Crippen LogP contribution is -2.51. The average Bonchev–Trinajstić information content (AvgIpc) is 3.18. The van der Waals surface area contributed by atoms with Crippen molar-refractivity contribution in [2.45, 2.75) is 44.2 Å². The average molecular weight is 403 g/mol. The Morgan fingerprint density at radius 3 is 2.72 bits per heavy atom. The van der Waals surface area contributed by atoms with Crippen molar-refractivity contribution in [2.24, 2.45) is 11.7 Å². The normalized spacial score (nSPS) is 19.2. The molecule has 3 unspecified atom stereocenters. The highest BCUT2D eigenvalue weighted by Crippen LogP contribution is 2.26. The van der Waals surface area contributed by atoms with Gasteiger partial charge in [0.25, 0.3) is 5.91 Å². The van der Waals surface area contributed by atoms with Gasteiger partial charge in [0.2, 0.25) is 5.91 Å². The monoisotopic (exact) mass is 403 g/mol. The molecule has 0 aromatic heterocycles. The molecule has 0 radical (unpaired) electrons. The fourth-order valence-electron chi connectivity index (χ4n) is 3.58. The van der Waals surface area contributed by atoms with E-state index in [9.17, 15) is 19.5 Å². The van der Waals surface area contributed by atoms with E-state index in [-0.39, 0.29) is 0 Å². The molecule has 1 fully saturated rings. The molecule has 1 saturated carbocycles. The van der Waals surface area contributed by atoms with Crippen molar-refractivity contribution >= 4 is 29.7 Å². The Morgan fingerprint density at radius 2 is 2.10 bits per heavy atom. The van der Waals surface area contributed by atoms with Crippen LogP contribution < -0.4 is 21.7 Å². The molecule has 0 saturated heterocycles. The maximum atomic E-state index is 12.8. The minimum Gasteiger partial charge on any atom is -0.481 e. The van der Waals surface area contributed by atoms with Crippen LogP contribution in [0, 0.1) is 11.3 Å². The van der Waals surface area contributed by atoms with Crippen LogP contribution in [0.3, 0.4) is 0 Å². The number of benzene rings is 1. The predicted octanol–water partition coefficient (Wildman–Crippen LogP) is 0.933. The summed E-state index contributed by atoms with van der Waals surface area (Å²) in [5.74, 6) is -2.33. The second kappa shape index (κ2) is 10.6. The Labute approximate surface area is 169 Å². The molecule has 0 aliphatic heterocycles. The molecule has 1 aliphatic rings. The summed E-state index contributed by atoms with van der Waals surface area (Å²) >= 11 is 0. The number of rotatable bonds is 10. The number of hydrogen-bond acceptors (Lipinski definition) is 6. The minimum absolute atomic E-state index is 0.356. The first kappa shape index (κ1) is 22.4. The summed E-state index contributed by atoms with van der Waals surface area (Å²) in [5, 5.41) is 25.2. The van der Waals surface area contributed by atoms with Crippen molar-refractivity contribution in [2.75, 3.05) is 18.9 Å². The molecule has 9 heteroatoms. The van der Waals surface area contributed by atoms with E-state index < -0.39 is 35.8 Å². The summed E-state index contributed by atoms with van der Waals surface area (Å²) in [4.78, 5) is 36.8. The van der Waals surface area contributed by atoms with Crippen molar-refractivity contribution in [3.63, 3.8) is 0 Å². The molecule has 0 spiro atoms. The zero-order valence-electron chi connectivity index (χ0n) is 16.5. The molecule has 29 heavy (non-hydrogen) atoms. The first-order valence-corrected chi connectivity index (χ1v) is 9.77. The molecule has 158 valence electrons. The third-order valence-corrected chi connectivity index (χ3v) is 5.22. The molecular formula is C20H29N5O4. The third-order valence-electron chi connectivity index (χ3n) is 5.22. The van der Waals surface area contributed by atoms with Crippen LogP contribution >= 0.6 is 0 Å². The number of amides is 2. The van der Waals surface area contributed by atoms with Crippen molar-refractivity contribution in [3.05, 3.63) is 29.3 Å². The molecule has 0 heterocycles. The summed E-state index contributed by atoms with van der Waals surface area (Å²) in [6.45, 7) is 0.374. The van der Waals surface area contributed by atoms with E-state index in [1.807, 2.05) is 0 Å². The van der Waals surface area contributed by atoms with E-state index in [1.165, 1.54) is 6.21 Å². The standard InChI is InChI=1S/C20H29N5O4/c1-23-17-10-12(7-8-13(17)11-22)18(26)25-16(6-3-9-21)19(27)24-15-5-2-4-14(15)20(28)29/h7-8,10-11,14-16,22-23H,2-6,9,21H2,1H3,(H,24,27)(H,25,26)(H,28,29). The summed E-state index contributed by atoms with van der Waals surface area (Å²) < 4.78 is 0. The number of carbonyl (C=O) groups excluding carboxylic acids is 2. The Hall–Kier alpha value is -2.94. The summed E-state index contributed by atoms with van der Waals surface area (Å²) in [6, 6.07) is 3.62. The number of carboxylic acids is 1. The van der Waals surface area contributed by atoms with E-state index >= 15 is 0 Å². The Kier molecular flexibility index (Phi) is 8.14. The van der Waals surface area contributed by atoms with E-state index in [4.69, 9.17) is 11.1 Å². The van der Waals surface area contributed by atoms with Crippen LogP contribution in [-0.4, -0.2) is 54.8 Å². The van der Waals surface area contributed by atoms with Crippen LogP contribution in [0.2, 0.25) is 0 Å². The summed E-state index contributed by atoms with van der Waals surface area (Å²) in [5.41, 5.74) is 7.19. The van der Waals surface area contributed by atoms with Gasteiger partial charge in [0.05, 0.1) is 5.92 Å². The number of carbonyl (C=O) groups is 3. The highest BCUT2D eigenvalue weighted by molar-refractivity contribution is 5.99. The van der Waals surface area contributed by atoms with Crippen LogP contribution in [0.1, 0.15) is 48.0 Å². The van der Waals surface area contributed by atoms with Crippen LogP contribution in [-0.2, 0) is 9.59 Å². The van der Waals surface area contributed by atoms with E-state index in [0.717, 1.165) is 6.42 Å². The van der Waals surface area contributed by atoms with Crippen LogP contribution in [0.15, 0.2) is 18.2 Å². The van der Waals surface area contributed by atoms with E-state index in [1.54, 1.807) is 25.2 Å². The van der Waals surface area contributed by atoms with Crippen molar-refractivity contribution < 1.29 is 19.5 Å². The van der Waals surface area contributed by atoms with Gasteiger partial charge < -0.3 is 32.2 Å². The fraction of sp³-hybridized carbons (Fsp3) is 0.500. The van der Waals surface area contributed by atoms with Gasteiger partial charge in [0.1, 0.15) is 6.04 Å². The summed E-state index contributed by atoms with van der Waals surface area (Å²) in [7, 11) is 1.70. The third kappa shape index (κ3) is 5.77. The first-order valence-electron chi connectivity index (χ1n) is 9.77. The predicted molar refractivity (Wildman–Crippen MR) is 110 cm³/mol. The fourth-order valence-corrected chi connectivity index (χ4v) is 3.58. The topological polar surface area (TPSA) is 157 Å². The van der Waals surface area contributed by atoms with E-state index in [0.29, 0.717) is 49.0 Å². The molecule has 0 bridgehead atoms. The molecule has 7 N–H and O–H groups in total. The molecular weight excluding hydrogens is 374 g/mol. The van der Waals surface area contributed by atoms with Gasteiger partial charge in [0, 0.05) is 36.1 Å². The SMILES string of the molecule is CNc1cc(C(=O)NC(CCCN)C(=O)NC2CCCC2C(=O)O)ccc1C=N. The van der Waals surface area contributed by atoms with Gasteiger partial charge in [-0.15, -0.1) is 0 Å². The molecule has 3 atom stereocenters. The number of nitrogens with one attached hydrogen (secondary N) is 4. The number of hydrogen-bond donors (Lipinski definition) is 6. The van der Waals surface area contributed by atoms with Gasteiger partial charge in [-0.2, -0.15) is 0 Å². The van der Waals surface area contributed by atoms with Crippen molar-refractivity contribution in [1.82, 2.24) is 10.6 Å². The maximum absolute atomic E-state index is 12.8. The molecule has 2 rings (SSSR count). The highest BCUT2D eigenvalue weighted by Gasteiger charge is 2.35. The zero-order chi connectivity index (χ0) is 21.4. The molecule has 1 aromatic carbocycles. The van der Waals surface area contributed by atoms with Crippen LogP contribution in [0.25, 0.3) is 0 Å². The number of nitrogens with two attached hydrogens (primary N) is 1. The second-order valence-corrected chi connectivity index (χ2v) is 7.14. The minimum atomic E-state index is -0.916. The van der Waals surface area contributed by atoms with Gasteiger partial charge in [0.15, 0.2) is 0 Å². The quantitative estimate of drug-likeness (QED) is 0.319. The Morgan fingerprint density at radius 1 is 1.34 bits per heavy atom. The van der Waals surface area contributed by atoms with Gasteiger partial charge in [-0.25, -0.2) is 0 Å². The lowest BCUT2D eigenvalue weighted by molar-refractivity contribution is -0.142. The van der Waals surface area contributed by atoms with Crippen LogP contribution in [0.4, 0.5) is 5.69 Å². The Bertz CT molecular complexity index is 767. The smallest absolute Gasteiger partial charge is 0.308 e.